The number of rotatable bonds is 23. The minimum Gasteiger partial charge on any atom is -0.381 e. The number of unbranched alkanes of at least 4 members (excludes halogenated alkanes) is 18. The van der Waals surface area contributed by atoms with Crippen molar-refractivity contribution in [1.82, 2.24) is 5.32 Å². The van der Waals surface area contributed by atoms with E-state index in [4.69, 9.17) is 0 Å². The Balaban J connectivity index is 1.77. The summed E-state index contributed by atoms with van der Waals surface area (Å²) in [5, 5.41) is 12.7. The van der Waals surface area contributed by atoms with Crippen molar-refractivity contribution in [3.05, 3.63) is 12.7 Å². The van der Waals surface area contributed by atoms with Gasteiger partial charge in [0.25, 0.3) is 0 Å². The average molecular weight is 449 g/mol. The van der Waals surface area contributed by atoms with E-state index in [0.29, 0.717) is 18.8 Å². The molecule has 0 saturated carbocycles. The molecule has 2 unspecified atom stereocenters. The van der Waals surface area contributed by atoms with Crippen LogP contribution < -0.4 is 5.32 Å². The van der Waals surface area contributed by atoms with Crippen LogP contribution in [0.25, 0.3) is 0 Å². The molecule has 1 heterocycles. The predicted molar refractivity (Wildman–Crippen MR) is 138 cm³/mol. The molecule has 0 aliphatic carbocycles. The molecule has 1 aliphatic rings. The zero-order valence-corrected chi connectivity index (χ0v) is 21.1. The molecule has 2 N–H and O–H groups in total. The number of amidine groups is 1. The normalized spacial score (nSPS) is 16.6. The molecular weight excluding hydrogens is 396 g/mol. The smallest absolute Gasteiger partial charge is 0.156 e. The fourth-order valence-electron chi connectivity index (χ4n) is 4.48. The Morgan fingerprint density at radius 3 is 1.69 bits per heavy atom. The highest BCUT2D eigenvalue weighted by Crippen LogP contribution is 2.15. The highest BCUT2D eigenvalue weighted by Gasteiger charge is 2.26. The summed E-state index contributed by atoms with van der Waals surface area (Å²) in [6.45, 7) is 6.28. The highest BCUT2D eigenvalue weighted by atomic mass is 16.3. The second-order valence-electron chi connectivity index (χ2n) is 9.68. The van der Waals surface area contributed by atoms with E-state index in [1.165, 1.54) is 115 Å². The number of aliphatic imine (C=N–C) groups is 1. The van der Waals surface area contributed by atoms with E-state index < -0.39 is 6.10 Å². The van der Waals surface area contributed by atoms with Gasteiger partial charge in [0.1, 0.15) is 18.0 Å². The van der Waals surface area contributed by atoms with Crippen LogP contribution in [0.15, 0.2) is 17.6 Å². The van der Waals surface area contributed by atoms with Crippen molar-refractivity contribution in [2.75, 3.05) is 6.54 Å². The van der Waals surface area contributed by atoms with Crippen molar-refractivity contribution in [1.29, 1.82) is 0 Å². The van der Waals surface area contributed by atoms with Gasteiger partial charge < -0.3 is 10.4 Å². The second-order valence-corrected chi connectivity index (χ2v) is 9.68. The molecule has 0 amide bonds. The molecule has 32 heavy (non-hydrogen) atoms. The molecule has 0 saturated heterocycles. The van der Waals surface area contributed by atoms with Gasteiger partial charge in [-0.1, -0.05) is 129 Å². The maximum absolute atomic E-state index is 12.2. The zero-order chi connectivity index (χ0) is 23.3. The van der Waals surface area contributed by atoms with E-state index in [1.54, 1.807) is 0 Å². The number of aliphatic hydroxyl groups is 1. The van der Waals surface area contributed by atoms with Gasteiger partial charge in [0.2, 0.25) is 0 Å². The summed E-state index contributed by atoms with van der Waals surface area (Å²) < 4.78 is 0. The summed E-state index contributed by atoms with van der Waals surface area (Å²) in [7, 11) is 0. The van der Waals surface area contributed by atoms with Gasteiger partial charge in [-0.15, -0.1) is 6.58 Å². The summed E-state index contributed by atoms with van der Waals surface area (Å²) in [5.41, 5.74) is 0. The number of hydrogen-bond acceptors (Lipinski definition) is 4. The molecule has 2 atom stereocenters. The largest absolute Gasteiger partial charge is 0.381 e. The number of aliphatic hydroxyl groups excluding tert-OH is 1. The molecule has 0 radical (unpaired) electrons. The van der Waals surface area contributed by atoms with Crippen molar-refractivity contribution in [2.24, 2.45) is 4.99 Å². The molecule has 0 aromatic heterocycles. The third-order valence-electron chi connectivity index (χ3n) is 6.69. The van der Waals surface area contributed by atoms with Gasteiger partial charge in [0.15, 0.2) is 5.78 Å². The van der Waals surface area contributed by atoms with E-state index in [0.717, 1.165) is 12.8 Å². The number of nitrogens with zero attached hydrogens (tertiary/aromatic N) is 1. The second kappa shape index (κ2) is 20.4. The van der Waals surface area contributed by atoms with E-state index in [9.17, 15) is 9.90 Å². The molecule has 186 valence electrons. The maximum Gasteiger partial charge on any atom is 0.156 e. The lowest BCUT2D eigenvalue weighted by Gasteiger charge is -2.12. The number of ketones is 1. The van der Waals surface area contributed by atoms with Crippen LogP contribution in [0.2, 0.25) is 0 Å². The fraction of sp³-hybridized carbons (Fsp3) is 0.857. The van der Waals surface area contributed by atoms with E-state index in [-0.39, 0.29) is 11.8 Å². The van der Waals surface area contributed by atoms with Crippen LogP contribution in [0.1, 0.15) is 135 Å². The van der Waals surface area contributed by atoms with E-state index >= 15 is 0 Å². The Hall–Kier alpha value is -1.16. The number of Topliss-reactive ketones (excluding diaryl/α,β-unsaturated/α-hetero) is 1. The first-order valence-corrected chi connectivity index (χ1v) is 13.8. The fourth-order valence-corrected chi connectivity index (χ4v) is 4.48. The van der Waals surface area contributed by atoms with Crippen LogP contribution in [0.4, 0.5) is 0 Å². The average Bonchev–Trinajstić information content (AvgIpc) is 3.30. The summed E-state index contributed by atoms with van der Waals surface area (Å²) in [4.78, 5) is 16.4. The van der Waals surface area contributed by atoms with Crippen LogP contribution in [0.3, 0.4) is 0 Å². The van der Waals surface area contributed by atoms with Crippen LogP contribution in [-0.2, 0) is 4.79 Å². The number of nitrogens with one attached hydrogen (secondary N) is 1. The van der Waals surface area contributed by atoms with Gasteiger partial charge >= 0.3 is 0 Å². The Kier molecular flexibility index (Phi) is 18.4. The van der Waals surface area contributed by atoms with Crippen LogP contribution in [0.5, 0.6) is 0 Å². The molecule has 1 rings (SSSR count). The SMILES string of the molecule is C=CC(O)C1=NCC(C(=O)CCCCCCCCCCCCCCCCCCCCC)N1. The molecule has 0 aromatic rings. The molecule has 4 nitrogen and oxygen atoms in total. The molecular formula is C28H52N2O2. The van der Waals surface area contributed by atoms with Gasteiger partial charge in [0.05, 0.1) is 6.54 Å². The van der Waals surface area contributed by atoms with Crippen LogP contribution in [-0.4, -0.2) is 35.4 Å². The van der Waals surface area contributed by atoms with Crippen molar-refractivity contribution in [3.8, 4) is 0 Å². The van der Waals surface area contributed by atoms with Crippen molar-refractivity contribution in [2.45, 2.75) is 147 Å². The Morgan fingerprint density at radius 2 is 1.28 bits per heavy atom. The van der Waals surface area contributed by atoms with Crippen LogP contribution in [0, 0.1) is 0 Å². The Bertz CT molecular complexity index is 504. The lowest BCUT2D eigenvalue weighted by Crippen LogP contribution is -2.41. The predicted octanol–water partition coefficient (Wildman–Crippen LogP) is 7.29. The van der Waals surface area contributed by atoms with E-state index in [1.807, 2.05) is 0 Å². The van der Waals surface area contributed by atoms with E-state index in [2.05, 4.69) is 23.8 Å². The third-order valence-corrected chi connectivity index (χ3v) is 6.69. The molecule has 0 spiro atoms. The summed E-state index contributed by atoms with van der Waals surface area (Å²) in [5.74, 6) is 0.693. The first-order valence-electron chi connectivity index (χ1n) is 13.8. The number of carbonyl (C=O) groups is 1. The third kappa shape index (κ3) is 14.8. The lowest BCUT2D eigenvalue weighted by molar-refractivity contribution is -0.120. The monoisotopic (exact) mass is 448 g/mol. The minimum absolute atomic E-state index is 0.215. The standard InChI is InChI=1S/C28H52N2O2/c1-3-5-6-7-8-9-10-11-12-13-14-15-16-17-18-19-20-21-22-23-27(32)25-24-29-28(30-25)26(31)4-2/h4,25-26,31H,2-3,5-24H2,1H3,(H,29,30). The topological polar surface area (TPSA) is 61.7 Å². The highest BCUT2D eigenvalue weighted by molar-refractivity contribution is 5.96. The quantitative estimate of drug-likeness (QED) is 0.127. The molecule has 0 fully saturated rings. The lowest BCUT2D eigenvalue weighted by atomic mass is 10.0. The molecule has 4 heteroatoms. The van der Waals surface area contributed by atoms with Crippen molar-refractivity contribution >= 4 is 11.6 Å². The molecule has 0 bridgehead atoms. The minimum atomic E-state index is -0.789. The van der Waals surface area contributed by atoms with Gasteiger partial charge in [-0.2, -0.15) is 0 Å². The summed E-state index contributed by atoms with van der Waals surface area (Å²) in [6.07, 6.45) is 27.1. The zero-order valence-electron chi connectivity index (χ0n) is 21.1. The van der Waals surface area contributed by atoms with Gasteiger partial charge in [-0.25, -0.2) is 0 Å². The van der Waals surface area contributed by atoms with Crippen molar-refractivity contribution < 1.29 is 9.90 Å². The first kappa shape index (κ1) is 28.9. The first-order chi connectivity index (χ1) is 15.7. The number of hydrogen-bond donors (Lipinski definition) is 2. The molecule has 0 aromatic carbocycles. The van der Waals surface area contributed by atoms with Crippen molar-refractivity contribution in [3.63, 3.8) is 0 Å². The summed E-state index contributed by atoms with van der Waals surface area (Å²) >= 11 is 0. The van der Waals surface area contributed by atoms with Gasteiger partial charge in [-0.05, 0) is 6.42 Å². The Labute approximate surface area is 198 Å². The Morgan fingerprint density at radius 1 is 0.875 bits per heavy atom. The van der Waals surface area contributed by atoms with Gasteiger partial charge in [0, 0.05) is 6.42 Å². The maximum atomic E-state index is 12.2. The van der Waals surface area contributed by atoms with Gasteiger partial charge in [-0.3, -0.25) is 9.79 Å². The number of carbonyl (C=O) groups excluding carboxylic acids is 1. The summed E-state index contributed by atoms with van der Waals surface area (Å²) in [6, 6.07) is -0.254. The molecule has 1 aliphatic heterocycles. The van der Waals surface area contributed by atoms with Crippen LogP contribution >= 0.6 is 0 Å².